The van der Waals surface area contributed by atoms with Crippen LogP contribution in [0.2, 0.25) is 5.02 Å². The van der Waals surface area contributed by atoms with Crippen molar-refractivity contribution < 1.29 is 14.6 Å². The Kier molecular flexibility index (Phi) is 8.04. The molecule has 1 aliphatic rings. The summed E-state index contributed by atoms with van der Waals surface area (Å²) in [6, 6.07) is 14.9. The van der Waals surface area contributed by atoms with Crippen molar-refractivity contribution in [3.05, 3.63) is 91.1 Å². The van der Waals surface area contributed by atoms with Crippen LogP contribution in [-0.4, -0.2) is 55.8 Å². The van der Waals surface area contributed by atoms with Crippen molar-refractivity contribution in [3.63, 3.8) is 0 Å². The molecule has 0 spiro atoms. The zero-order valence-electron chi connectivity index (χ0n) is 24.8. The van der Waals surface area contributed by atoms with Gasteiger partial charge in [0, 0.05) is 56.0 Å². The predicted molar refractivity (Wildman–Crippen MR) is 166 cm³/mol. The van der Waals surface area contributed by atoms with Gasteiger partial charge in [-0.05, 0) is 37.5 Å². The van der Waals surface area contributed by atoms with E-state index in [1.807, 2.05) is 50.2 Å². The molecule has 43 heavy (non-hydrogen) atoms. The van der Waals surface area contributed by atoms with E-state index in [9.17, 15) is 19.5 Å². The van der Waals surface area contributed by atoms with Gasteiger partial charge >= 0.3 is 5.69 Å². The summed E-state index contributed by atoms with van der Waals surface area (Å²) in [6.45, 7) is 5.65. The number of pyridine rings is 1. The van der Waals surface area contributed by atoms with Gasteiger partial charge in [-0.15, -0.1) is 0 Å². The molecule has 1 unspecified atom stereocenters. The summed E-state index contributed by atoms with van der Waals surface area (Å²) in [5.74, 6) is -0.441. The van der Waals surface area contributed by atoms with E-state index in [-0.39, 0.29) is 11.3 Å². The zero-order valence-corrected chi connectivity index (χ0v) is 25.5. The number of carbonyl (C=O) groups is 1. The standard InChI is InChI=1S/C32H34ClN5O5/c1-18-20(8-6-9-21(18)27-25(28(34)39)30(40)37(4)31(41)36(27)3)22-10-7-11-23(26(22)33)24-13-12-19(29(35-24)43-5)16-38-15-14-32(2,42)17-38/h6-13,42H,14-17H2,1-5H3,(H2,34,39). The second-order valence-corrected chi connectivity index (χ2v) is 11.6. The average molecular weight is 604 g/mol. The van der Waals surface area contributed by atoms with E-state index >= 15 is 0 Å². The normalized spacial score (nSPS) is 16.9. The molecule has 3 heterocycles. The van der Waals surface area contributed by atoms with Gasteiger partial charge in [0.2, 0.25) is 5.88 Å². The van der Waals surface area contributed by atoms with Crippen LogP contribution in [-0.2, 0) is 20.6 Å². The second-order valence-electron chi connectivity index (χ2n) is 11.3. The van der Waals surface area contributed by atoms with Gasteiger partial charge in [-0.25, -0.2) is 9.78 Å². The Bertz CT molecular complexity index is 1880. The quantitative estimate of drug-likeness (QED) is 0.330. The number of hydrogen-bond donors (Lipinski definition) is 2. The lowest BCUT2D eigenvalue weighted by Gasteiger charge is -2.20. The molecule has 0 bridgehead atoms. The molecule has 3 N–H and O–H groups in total. The molecule has 10 nitrogen and oxygen atoms in total. The molecule has 2 aromatic carbocycles. The Balaban J connectivity index is 1.59. The van der Waals surface area contributed by atoms with Crippen molar-refractivity contribution >= 4 is 17.5 Å². The minimum absolute atomic E-state index is 0.147. The Labute approximate surface area is 253 Å². The van der Waals surface area contributed by atoms with Gasteiger partial charge in [0.25, 0.3) is 11.5 Å². The molecule has 0 aliphatic carbocycles. The molecular formula is C32H34ClN5O5. The maximum absolute atomic E-state index is 12.9. The molecule has 1 atom stereocenters. The first kappa shape index (κ1) is 30.2. The number of carbonyl (C=O) groups excluding carboxylic acids is 1. The summed E-state index contributed by atoms with van der Waals surface area (Å²) >= 11 is 7.04. The maximum atomic E-state index is 12.9. The van der Waals surface area contributed by atoms with Crippen molar-refractivity contribution in [1.29, 1.82) is 0 Å². The van der Waals surface area contributed by atoms with E-state index in [4.69, 9.17) is 27.1 Å². The van der Waals surface area contributed by atoms with Crippen LogP contribution in [0.1, 0.15) is 34.8 Å². The second kappa shape index (κ2) is 11.4. The van der Waals surface area contributed by atoms with Gasteiger partial charge in [0.05, 0.1) is 29.1 Å². The number of β-amino-alcohol motifs (C(OH)–C–C–N with tert-alkyl or cyclic N) is 1. The SMILES string of the molecule is COc1nc(-c2cccc(-c3cccc(-c4c(C(N)=O)c(=O)n(C)c(=O)n4C)c3C)c2Cl)ccc1CN1CCC(C)(O)C1. The molecule has 0 radical (unpaired) electrons. The van der Waals surface area contributed by atoms with Crippen LogP contribution in [0.25, 0.3) is 33.6 Å². The summed E-state index contributed by atoms with van der Waals surface area (Å²) < 4.78 is 7.76. The van der Waals surface area contributed by atoms with Gasteiger partial charge in [-0.1, -0.05) is 54.1 Å². The largest absolute Gasteiger partial charge is 0.481 e. The highest BCUT2D eigenvalue weighted by Crippen LogP contribution is 2.40. The lowest BCUT2D eigenvalue weighted by molar-refractivity contribution is 0.0677. The van der Waals surface area contributed by atoms with Gasteiger partial charge in [-0.2, -0.15) is 0 Å². The average Bonchev–Trinajstić information content (AvgIpc) is 3.32. The molecule has 2 aromatic heterocycles. The zero-order chi connectivity index (χ0) is 31.2. The molecule has 5 rings (SSSR count). The van der Waals surface area contributed by atoms with Crippen molar-refractivity contribution in [2.75, 3.05) is 20.2 Å². The minimum Gasteiger partial charge on any atom is -0.481 e. The molecule has 1 fully saturated rings. The number of methoxy groups -OCH3 is 1. The van der Waals surface area contributed by atoms with Crippen LogP contribution < -0.4 is 21.7 Å². The Morgan fingerprint density at radius 3 is 2.33 bits per heavy atom. The first-order valence-corrected chi connectivity index (χ1v) is 14.2. The number of hydrogen-bond acceptors (Lipinski definition) is 7. The number of nitrogens with zero attached hydrogens (tertiary/aromatic N) is 4. The maximum Gasteiger partial charge on any atom is 0.330 e. The third kappa shape index (κ3) is 5.49. The predicted octanol–water partition coefficient (Wildman–Crippen LogP) is 3.51. The van der Waals surface area contributed by atoms with Crippen LogP contribution in [0.4, 0.5) is 0 Å². The lowest BCUT2D eigenvalue weighted by Crippen LogP contribution is -2.42. The summed E-state index contributed by atoms with van der Waals surface area (Å²) in [5, 5.41) is 10.8. The number of benzene rings is 2. The molecule has 0 saturated carbocycles. The van der Waals surface area contributed by atoms with Crippen molar-refractivity contribution in [2.24, 2.45) is 19.8 Å². The number of rotatable bonds is 7. The van der Waals surface area contributed by atoms with E-state index in [0.717, 1.165) is 22.2 Å². The number of halogens is 1. The number of ether oxygens (including phenoxy) is 1. The highest BCUT2D eigenvalue weighted by Gasteiger charge is 2.31. The van der Waals surface area contributed by atoms with Crippen LogP contribution in [0.3, 0.4) is 0 Å². The van der Waals surface area contributed by atoms with E-state index < -0.39 is 22.8 Å². The lowest BCUT2D eigenvalue weighted by atomic mass is 9.92. The Morgan fingerprint density at radius 1 is 1.05 bits per heavy atom. The smallest absolute Gasteiger partial charge is 0.330 e. The fourth-order valence-electron chi connectivity index (χ4n) is 5.83. The topological polar surface area (TPSA) is 133 Å². The third-order valence-electron chi connectivity index (χ3n) is 8.12. The third-order valence-corrected chi connectivity index (χ3v) is 8.53. The Hall–Kier alpha value is -4.25. The van der Waals surface area contributed by atoms with Crippen LogP contribution >= 0.6 is 11.6 Å². The molecule has 224 valence electrons. The van der Waals surface area contributed by atoms with E-state index in [2.05, 4.69) is 4.90 Å². The van der Waals surface area contributed by atoms with Crippen LogP contribution in [0.15, 0.2) is 58.1 Å². The van der Waals surface area contributed by atoms with Crippen molar-refractivity contribution in [2.45, 2.75) is 32.4 Å². The number of nitrogens with two attached hydrogens (primary N) is 1. The number of likely N-dealkylation sites (tertiary alicyclic amines) is 1. The summed E-state index contributed by atoms with van der Waals surface area (Å²) in [5.41, 5.74) is 8.36. The van der Waals surface area contributed by atoms with Crippen molar-refractivity contribution in [3.8, 4) is 39.5 Å². The summed E-state index contributed by atoms with van der Waals surface area (Å²) in [7, 11) is 4.38. The highest BCUT2D eigenvalue weighted by molar-refractivity contribution is 6.36. The summed E-state index contributed by atoms with van der Waals surface area (Å²) in [4.78, 5) is 45.0. The van der Waals surface area contributed by atoms with Crippen LogP contribution in [0.5, 0.6) is 5.88 Å². The van der Waals surface area contributed by atoms with E-state index in [1.54, 1.807) is 19.2 Å². The number of amides is 1. The molecule has 1 saturated heterocycles. The number of aliphatic hydroxyl groups is 1. The molecule has 1 aliphatic heterocycles. The van der Waals surface area contributed by atoms with E-state index in [0.29, 0.717) is 58.4 Å². The van der Waals surface area contributed by atoms with Gasteiger partial charge in [-0.3, -0.25) is 23.6 Å². The number of primary amides is 1. The molecule has 4 aromatic rings. The molecule has 1 amide bonds. The summed E-state index contributed by atoms with van der Waals surface area (Å²) in [6.07, 6.45) is 0.713. The van der Waals surface area contributed by atoms with Crippen LogP contribution in [0, 0.1) is 6.92 Å². The Morgan fingerprint density at radius 2 is 1.70 bits per heavy atom. The molecule has 11 heteroatoms. The number of aromatic nitrogens is 3. The monoisotopic (exact) mass is 603 g/mol. The molecular weight excluding hydrogens is 570 g/mol. The van der Waals surface area contributed by atoms with Crippen molar-refractivity contribution in [1.82, 2.24) is 19.0 Å². The van der Waals surface area contributed by atoms with Gasteiger partial charge in [0.15, 0.2) is 0 Å². The minimum atomic E-state index is -0.922. The first-order valence-electron chi connectivity index (χ1n) is 13.8. The van der Waals surface area contributed by atoms with Gasteiger partial charge < -0.3 is 15.6 Å². The van der Waals surface area contributed by atoms with E-state index in [1.165, 1.54) is 18.7 Å². The fraction of sp³-hybridized carbons (Fsp3) is 0.312. The van der Waals surface area contributed by atoms with Gasteiger partial charge in [0.1, 0.15) is 5.56 Å². The fourth-order valence-corrected chi connectivity index (χ4v) is 6.16. The highest BCUT2D eigenvalue weighted by atomic mass is 35.5. The first-order chi connectivity index (χ1) is 20.3.